The van der Waals surface area contributed by atoms with Crippen molar-refractivity contribution in [1.82, 2.24) is 0 Å². The number of esters is 1. The summed E-state index contributed by atoms with van der Waals surface area (Å²) < 4.78 is 18.1. The summed E-state index contributed by atoms with van der Waals surface area (Å²) in [6.45, 7) is 4.45. The minimum atomic E-state index is -0.646. The predicted molar refractivity (Wildman–Crippen MR) is 72.8 cm³/mol. The number of nitrogens with one attached hydrogen (secondary N) is 1. The van der Waals surface area contributed by atoms with E-state index < -0.39 is 11.8 Å². The van der Waals surface area contributed by atoms with Crippen LogP contribution in [-0.2, 0) is 4.74 Å². The predicted octanol–water partition coefficient (Wildman–Crippen LogP) is 3.60. The molecule has 0 amide bonds. The van der Waals surface area contributed by atoms with Crippen molar-refractivity contribution >= 4 is 11.7 Å². The molecule has 19 heavy (non-hydrogen) atoms. The maximum Gasteiger partial charge on any atom is 0.340 e. The smallest absolute Gasteiger partial charge is 0.340 e. The van der Waals surface area contributed by atoms with Gasteiger partial charge in [-0.25, -0.2) is 9.18 Å². The monoisotopic (exact) mass is 265 g/mol. The van der Waals surface area contributed by atoms with E-state index in [1.165, 1.54) is 32.1 Å². The highest BCUT2D eigenvalue weighted by atomic mass is 19.1. The van der Waals surface area contributed by atoms with Crippen molar-refractivity contribution in [3.63, 3.8) is 0 Å². The summed E-state index contributed by atoms with van der Waals surface area (Å²) in [6.07, 6.45) is 3.46. The van der Waals surface area contributed by atoms with Crippen molar-refractivity contribution in [3.05, 3.63) is 29.6 Å². The van der Waals surface area contributed by atoms with E-state index in [1.54, 1.807) is 6.07 Å². The number of hydrogen-bond acceptors (Lipinski definition) is 3. The Morgan fingerprint density at radius 3 is 2.79 bits per heavy atom. The van der Waals surface area contributed by atoms with Gasteiger partial charge in [0.25, 0.3) is 0 Å². The molecule has 1 aliphatic carbocycles. The van der Waals surface area contributed by atoms with E-state index in [2.05, 4.69) is 23.9 Å². The highest BCUT2D eigenvalue weighted by Gasteiger charge is 2.34. The normalized spacial score (nSPS) is 21.2. The molecule has 1 N–H and O–H groups in total. The summed E-state index contributed by atoms with van der Waals surface area (Å²) in [4.78, 5) is 11.5. The Hall–Kier alpha value is -1.58. The number of anilines is 1. The highest BCUT2D eigenvalue weighted by molar-refractivity contribution is 5.90. The van der Waals surface area contributed by atoms with Gasteiger partial charge in [-0.05, 0) is 36.5 Å². The van der Waals surface area contributed by atoms with E-state index in [1.807, 2.05) is 0 Å². The van der Waals surface area contributed by atoms with E-state index in [-0.39, 0.29) is 11.0 Å². The van der Waals surface area contributed by atoms with Crippen LogP contribution in [0.15, 0.2) is 18.2 Å². The molecule has 3 nitrogen and oxygen atoms in total. The van der Waals surface area contributed by atoms with Gasteiger partial charge in [0.05, 0.1) is 12.7 Å². The Balaban J connectivity index is 2.20. The number of halogens is 1. The first-order chi connectivity index (χ1) is 8.94. The first kappa shape index (κ1) is 13.8. The van der Waals surface area contributed by atoms with Crippen LogP contribution in [0.2, 0.25) is 0 Å². The SMILES string of the molecule is COC(=O)c1cc(NC2CCCC2(C)C)ccc1F. The van der Waals surface area contributed by atoms with Crippen LogP contribution in [0.5, 0.6) is 0 Å². The van der Waals surface area contributed by atoms with Gasteiger partial charge in [0.2, 0.25) is 0 Å². The number of methoxy groups -OCH3 is 1. The van der Waals surface area contributed by atoms with Crippen LogP contribution < -0.4 is 5.32 Å². The molecule has 2 rings (SSSR count). The van der Waals surface area contributed by atoms with Crippen molar-refractivity contribution in [1.29, 1.82) is 0 Å². The van der Waals surface area contributed by atoms with Gasteiger partial charge >= 0.3 is 5.97 Å². The number of carbonyl (C=O) groups is 1. The van der Waals surface area contributed by atoms with Crippen LogP contribution in [0.25, 0.3) is 0 Å². The van der Waals surface area contributed by atoms with E-state index >= 15 is 0 Å². The molecule has 1 aromatic rings. The Morgan fingerprint density at radius 1 is 1.47 bits per heavy atom. The zero-order chi connectivity index (χ0) is 14.0. The Morgan fingerprint density at radius 2 is 2.21 bits per heavy atom. The molecule has 0 spiro atoms. The fourth-order valence-electron chi connectivity index (χ4n) is 2.68. The summed E-state index contributed by atoms with van der Waals surface area (Å²) in [7, 11) is 1.25. The number of benzene rings is 1. The van der Waals surface area contributed by atoms with Crippen LogP contribution in [-0.4, -0.2) is 19.1 Å². The molecular formula is C15H20FNO2. The van der Waals surface area contributed by atoms with Gasteiger partial charge in [-0.2, -0.15) is 0 Å². The van der Waals surface area contributed by atoms with E-state index in [4.69, 9.17) is 0 Å². The van der Waals surface area contributed by atoms with Crippen molar-refractivity contribution in [2.45, 2.75) is 39.2 Å². The fourth-order valence-corrected chi connectivity index (χ4v) is 2.68. The third-order valence-corrected chi connectivity index (χ3v) is 3.97. The molecule has 1 atom stereocenters. The zero-order valence-electron chi connectivity index (χ0n) is 11.6. The number of ether oxygens (including phenoxy) is 1. The maximum absolute atomic E-state index is 13.5. The second kappa shape index (κ2) is 5.19. The number of hydrogen-bond donors (Lipinski definition) is 1. The van der Waals surface area contributed by atoms with Gasteiger partial charge in [0.1, 0.15) is 5.82 Å². The van der Waals surface area contributed by atoms with Gasteiger partial charge < -0.3 is 10.1 Å². The van der Waals surface area contributed by atoms with Gasteiger partial charge in [0, 0.05) is 11.7 Å². The van der Waals surface area contributed by atoms with Crippen LogP contribution in [0.4, 0.5) is 10.1 Å². The van der Waals surface area contributed by atoms with Crippen LogP contribution in [0.1, 0.15) is 43.5 Å². The van der Waals surface area contributed by atoms with E-state index in [0.29, 0.717) is 6.04 Å². The average Bonchev–Trinajstić information content (AvgIpc) is 2.70. The van der Waals surface area contributed by atoms with Crippen molar-refractivity contribution in [2.24, 2.45) is 5.41 Å². The average molecular weight is 265 g/mol. The molecule has 104 valence electrons. The highest BCUT2D eigenvalue weighted by Crippen LogP contribution is 2.39. The lowest BCUT2D eigenvalue weighted by Gasteiger charge is -2.28. The summed E-state index contributed by atoms with van der Waals surface area (Å²) in [5, 5.41) is 3.40. The van der Waals surface area contributed by atoms with Gasteiger partial charge in [-0.3, -0.25) is 0 Å². The Labute approximate surface area is 113 Å². The van der Waals surface area contributed by atoms with Crippen molar-refractivity contribution in [3.8, 4) is 0 Å². The Kier molecular flexibility index (Phi) is 3.78. The molecule has 0 aromatic heterocycles. The molecule has 1 aromatic carbocycles. The zero-order valence-corrected chi connectivity index (χ0v) is 11.6. The van der Waals surface area contributed by atoms with Crippen molar-refractivity contribution < 1.29 is 13.9 Å². The Bertz CT molecular complexity index is 485. The summed E-state index contributed by atoms with van der Waals surface area (Å²) in [5.74, 6) is -1.20. The molecule has 1 aliphatic rings. The number of rotatable bonds is 3. The molecule has 1 fully saturated rings. The first-order valence-corrected chi connectivity index (χ1v) is 6.58. The molecular weight excluding hydrogens is 245 g/mol. The van der Waals surface area contributed by atoms with Crippen LogP contribution in [0.3, 0.4) is 0 Å². The minimum absolute atomic E-state index is 0.0247. The van der Waals surface area contributed by atoms with Gasteiger partial charge in [-0.1, -0.05) is 20.3 Å². The van der Waals surface area contributed by atoms with E-state index in [9.17, 15) is 9.18 Å². The molecule has 0 saturated heterocycles. The molecule has 1 saturated carbocycles. The molecule has 0 heterocycles. The molecule has 0 radical (unpaired) electrons. The lowest BCUT2D eigenvalue weighted by molar-refractivity contribution is 0.0595. The topological polar surface area (TPSA) is 38.3 Å². The van der Waals surface area contributed by atoms with Gasteiger partial charge in [0.15, 0.2) is 0 Å². The van der Waals surface area contributed by atoms with E-state index in [0.717, 1.165) is 12.1 Å². The summed E-state index contributed by atoms with van der Waals surface area (Å²) >= 11 is 0. The van der Waals surface area contributed by atoms with Crippen LogP contribution >= 0.6 is 0 Å². The summed E-state index contributed by atoms with van der Waals surface area (Å²) in [5.41, 5.74) is 0.963. The summed E-state index contributed by atoms with van der Waals surface area (Å²) in [6, 6.07) is 4.84. The largest absolute Gasteiger partial charge is 0.465 e. The molecule has 1 unspecified atom stereocenters. The molecule has 0 bridgehead atoms. The third-order valence-electron chi connectivity index (χ3n) is 3.97. The van der Waals surface area contributed by atoms with Crippen LogP contribution in [0, 0.1) is 11.2 Å². The minimum Gasteiger partial charge on any atom is -0.465 e. The van der Waals surface area contributed by atoms with Gasteiger partial charge in [-0.15, -0.1) is 0 Å². The number of carbonyl (C=O) groups excluding carboxylic acids is 1. The van der Waals surface area contributed by atoms with Crippen molar-refractivity contribution in [2.75, 3.05) is 12.4 Å². The molecule has 0 aliphatic heterocycles. The third kappa shape index (κ3) is 2.88. The maximum atomic E-state index is 13.5. The quantitative estimate of drug-likeness (QED) is 0.849. The lowest BCUT2D eigenvalue weighted by Crippen LogP contribution is -2.30. The second-order valence-electron chi connectivity index (χ2n) is 5.76. The molecule has 4 heteroatoms. The second-order valence-corrected chi connectivity index (χ2v) is 5.76. The first-order valence-electron chi connectivity index (χ1n) is 6.58. The lowest BCUT2D eigenvalue weighted by atomic mass is 9.87. The fraction of sp³-hybridized carbons (Fsp3) is 0.533. The standard InChI is InChI=1S/C15H20FNO2/c1-15(2)8-4-5-13(15)17-10-6-7-12(16)11(9-10)14(18)19-3/h6-7,9,13,17H,4-5,8H2,1-3H3.